The Morgan fingerprint density at radius 3 is 2.96 bits per heavy atom. The molecule has 2 amide bonds. The first kappa shape index (κ1) is 17.9. The van der Waals surface area contributed by atoms with E-state index in [-0.39, 0.29) is 17.7 Å². The number of urea groups is 1. The van der Waals surface area contributed by atoms with Gasteiger partial charge in [-0.3, -0.25) is 0 Å². The topological polar surface area (TPSA) is 94.0 Å². The van der Waals surface area contributed by atoms with Gasteiger partial charge in [-0.25, -0.2) is 4.79 Å². The molecular formula is C19H26N6O2. The number of rotatable bonds is 4. The van der Waals surface area contributed by atoms with Crippen LogP contribution in [0.1, 0.15) is 45.4 Å². The SMILES string of the molecule is CCn1nnc(-c2cccc(NC(=O)NC3COC4(CCCCC4)C3)c2)n1. The van der Waals surface area contributed by atoms with Crippen LogP contribution in [0.25, 0.3) is 11.4 Å². The molecule has 0 bridgehead atoms. The zero-order chi connectivity index (χ0) is 18.7. The second-order valence-corrected chi connectivity index (χ2v) is 7.44. The van der Waals surface area contributed by atoms with Crippen molar-refractivity contribution in [3.05, 3.63) is 24.3 Å². The van der Waals surface area contributed by atoms with Crippen molar-refractivity contribution >= 4 is 11.7 Å². The van der Waals surface area contributed by atoms with E-state index in [4.69, 9.17) is 4.74 Å². The molecule has 2 aliphatic rings. The van der Waals surface area contributed by atoms with E-state index in [1.807, 2.05) is 31.2 Å². The van der Waals surface area contributed by atoms with Crippen LogP contribution in [-0.2, 0) is 11.3 Å². The molecule has 1 aromatic heterocycles. The number of nitrogens with zero attached hydrogens (tertiary/aromatic N) is 4. The molecule has 2 fully saturated rings. The minimum Gasteiger partial charge on any atom is -0.373 e. The van der Waals surface area contributed by atoms with Crippen LogP contribution in [0.4, 0.5) is 10.5 Å². The Morgan fingerprint density at radius 1 is 1.33 bits per heavy atom. The van der Waals surface area contributed by atoms with Gasteiger partial charge in [-0.1, -0.05) is 31.4 Å². The van der Waals surface area contributed by atoms with Crippen LogP contribution in [0.15, 0.2) is 24.3 Å². The zero-order valence-electron chi connectivity index (χ0n) is 15.6. The van der Waals surface area contributed by atoms with Crippen molar-refractivity contribution in [2.24, 2.45) is 0 Å². The number of anilines is 1. The highest BCUT2D eigenvalue weighted by Gasteiger charge is 2.41. The van der Waals surface area contributed by atoms with Crippen LogP contribution in [0, 0.1) is 0 Å². The average molecular weight is 370 g/mol. The minimum absolute atomic E-state index is 0.00706. The molecule has 4 rings (SSSR count). The third-order valence-corrected chi connectivity index (χ3v) is 5.42. The van der Waals surface area contributed by atoms with Crippen LogP contribution in [-0.4, -0.2) is 44.5 Å². The number of aryl methyl sites for hydroxylation is 1. The molecule has 2 heterocycles. The molecule has 1 aromatic carbocycles. The van der Waals surface area contributed by atoms with Crippen molar-refractivity contribution < 1.29 is 9.53 Å². The van der Waals surface area contributed by atoms with Crippen LogP contribution in [0.3, 0.4) is 0 Å². The van der Waals surface area contributed by atoms with E-state index >= 15 is 0 Å². The maximum Gasteiger partial charge on any atom is 0.319 e. The number of amides is 2. The number of benzene rings is 1. The number of carbonyl (C=O) groups excluding carboxylic acids is 1. The van der Waals surface area contributed by atoms with Gasteiger partial charge in [0.25, 0.3) is 0 Å². The number of carbonyl (C=O) groups is 1. The number of hydrogen-bond acceptors (Lipinski definition) is 5. The molecule has 0 radical (unpaired) electrons. The fourth-order valence-corrected chi connectivity index (χ4v) is 4.06. The Hall–Kier alpha value is -2.48. The third-order valence-electron chi connectivity index (χ3n) is 5.42. The molecule has 1 saturated carbocycles. The maximum absolute atomic E-state index is 12.4. The summed E-state index contributed by atoms with van der Waals surface area (Å²) in [6.45, 7) is 3.22. The lowest BCUT2D eigenvalue weighted by molar-refractivity contribution is -0.0245. The van der Waals surface area contributed by atoms with E-state index in [0.717, 1.165) is 24.8 Å². The molecule has 2 N–H and O–H groups in total. The molecule has 1 atom stereocenters. The Labute approximate surface area is 158 Å². The molecule has 1 aliphatic carbocycles. The monoisotopic (exact) mass is 370 g/mol. The number of tetrazole rings is 1. The molecule has 144 valence electrons. The second-order valence-electron chi connectivity index (χ2n) is 7.44. The van der Waals surface area contributed by atoms with E-state index < -0.39 is 0 Å². The first-order valence-corrected chi connectivity index (χ1v) is 9.75. The fourth-order valence-electron chi connectivity index (χ4n) is 4.06. The molecule has 1 unspecified atom stereocenters. The van der Waals surface area contributed by atoms with E-state index in [2.05, 4.69) is 26.0 Å². The largest absolute Gasteiger partial charge is 0.373 e. The summed E-state index contributed by atoms with van der Waals surface area (Å²) in [5.41, 5.74) is 1.51. The van der Waals surface area contributed by atoms with Gasteiger partial charge in [-0.2, -0.15) is 4.80 Å². The number of ether oxygens (including phenoxy) is 1. The quantitative estimate of drug-likeness (QED) is 0.863. The number of aromatic nitrogens is 4. The van der Waals surface area contributed by atoms with Crippen LogP contribution >= 0.6 is 0 Å². The lowest BCUT2D eigenvalue weighted by atomic mass is 9.82. The van der Waals surface area contributed by atoms with E-state index in [9.17, 15) is 4.79 Å². The fraction of sp³-hybridized carbons (Fsp3) is 0.579. The lowest BCUT2D eigenvalue weighted by Crippen LogP contribution is -2.39. The van der Waals surface area contributed by atoms with Gasteiger partial charge in [-0.05, 0) is 43.5 Å². The van der Waals surface area contributed by atoms with Crippen LogP contribution in [0.5, 0.6) is 0 Å². The molecule has 1 spiro atoms. The summed E-state index contributed by atoms with van der Waals surface area (Å²) in [6, 6.07) is 7.33. The third kappa shape index (κ3) is 4.10. The normalized spacial score (nSPS) is 21.3. The van der Waals surface area contributed by atoms with Gasteiger partial charge >= 0.3 is 6.03 Å². The van der Waals surface area contributed by atoms with E-state index in [0.29, 0.717) is 24.7 Å². The zero-order valence-corrected chi connectivity index (χ0v) is 15.6. The first-order valence-electron chi connectivity index (χ1n) is 9.75. The van der Waals surface area contributed by atoms with Crippen molar-refractivity contribution in [3.63, 3.8) is 0 Å². The van der Waals surface area contributed by atoms with Gasteiger partial charge in [0.1, 0.15) is 0 Å². The lowest BCUT2D eigenvalue weighted by Gasteiger charge is -2.32. The van der Waals surface area contributed by atoms with Gasteiger partial charge in [0.05, 0.1) is 24.8 Å². The molecule has 2 aromatic rings. The predicted molar refractivity (Wildman–Crippen MR) is 101 cm³/mol. The van der Waals surface area contributed by atoms with Gasteiger partial charge in [0.2, 0.25) is 5.82 Å². The van der Waals surface area contributed by atoms with Crippen molar-refractivity contribution in [1.29, 1.82) is 0 Å². The summed E-state index contributed by atoms with van der Waals surface area (Å²) < 4.78 is 6.07. The molecule has 8 heteroatoms. The molecule has 8 nitrogen and oxygen atoms in total. The Morgan fingerprint density at radius 2 is 2.19 bits per heavy atom. The maximum atomic E-state index is 12.4. The Kier molecular flexibility index (Phi) is 5.07. The standard InChI is InChI=1S/C19H26N6O2/c1-2-25-23-17(22-24-25)14-7-6-8-15(11-14)20-18(26)21-16-12-19(27-13-16)9-4-3-5-10-19/h6-8,11,16H,2-5,9-10,12-13H2,1H3,(H2,20,21,26). The Balaban J connectivity index is 1.35. The molecule has 1 saturated heterocycles. The summed E-state index contributed by atoms with van der Waals surface area (Å²) in [5, 5.41) is 18.3. The van der Waals surface area contributed by atoms with Crippen LogP contribution in [0.2, 0.25) is 0 Å². The van der Waals surface area contributed by atoms with Crippen molar-refractivity contribution in [2.75, 3.05) is 11.9 Å². The molecular weight excluding hydrogens is 344 g/mol. The van der Waals surface area contributed by atoms with Crippen LogP contribution < -0.4 is 10.6 Å². The van der Waals surface area contributed by atoms with Crippen molar-refractivity contribution in [3.8, 4) is 11.4 Å². The van der Waals surface area contributed by atoms with Crippen molar-refractivity contribution in [2.45, 2.75) is 63.6 Å². The summed E-state index contributed by atoms with van der Waals surface area (Å²) in [6.07, 6.45) is 6.87. The summed E-state index contributed by atoms with van der Waals surface area (Å²) in [7, 11) is 0. The Bertz CT molecular complexity index is 799. The number of hydrogen-bond donors (Lipinski definition) is 2. The highest BCUT2D eigenvalue weighted by molar-refractivity contribution is 5.90. The summed E-state index contributed by atoms with van der Waals surface area (Å²) in [5.74, 6) is 0.546. The average Bonchev–Trinajstić information content (AvgIpc) is 3.30. The number of nitrogens with one attached hydrogen (secondary N) is 2. The smallest absolute Gasteiger partial charge is 0.319 e. The predicted octanol–water partition coefficient (Wildman–Crippen LogP) is 2.97. The second kappa shape index (κ2) is 7.64. The van der Waals surface area contributed by atoms with E-state index in [1.165, 1.54) is 24.1 Å². The first-order chi connectivity index (χ1) is 13.2. The summed E-state index contributed by atoms with van der Waals surface area (Å²) in [4.78, 5) is 13.9. The molecule has 1 aliphatic heterocycles. The van der Waals surface area contributed by atoms with Gasteiger partial charge in [-0.15, -0.1) is 10.2 Å². The van der Waals surface area contributed by atoms with E-state index in [1.54, 1.807) is 0 Å². The molecule has 27 heavy (non-hydrogen) atoms. The summed E-state index contributed by atoms with van der Waals surface area (Å²) >= 11 is 0. The highest BCUT2D eigenvalue weighted by atomic mass is 16.5. The van der Waals surface area contributed by atoms with Gasteiger partial charge in [0, 0.05) is 11.3 Å². The van der Waals surface area contributed by atoms with Gasteiger partial charge in [0.15, 0.2) is 0 Å². The van der Waals surface area contributed by atoms with Crippen molar-refractivity contribution in [1.82, 2.24) is 25.5 Å². The van der Waals surface area contributed by atoms with Gasteiger partial charge < -0.3 is 15.4 Å². The minimum atomic E-state index is -0.209. The highest BCUT2D eigenvalue weighted by Crippen LogP contribution is 2.39.